The van der Waals surface area contributed by atoms with Crippen LogP contribution >= 0.6 is 11.9 Å². The summed E-state index contributed by atoms with van der Waals surface area (Å²) in [6, 6.07) is 0. The van der Waals surface area contributed by atoms with E-state index in [2.05, 4.69) is 21.1 Å². The van der Waals surface area contributed by atoms with Crippen molar-refractivity contribution in [3.63, 3.8) is 0 Å². The Labute approximate surface area is 45.5 Å². The minimum absolute atomic E-state index is 1.27. The van der Waals surface area contributed by atoms with Crippen LogP contribution in [0.2, 0.25) is 0 Å². The van der Waals surface area contributed by atoms with Crippen molar-refractivity contribution in [2.75, 3.05) is 0 Å². The summed E-state index contributed by atoms with van der Waals surface area (Å²) in [6.45, 7) is 0. The fourth-order valence-corrected chi connectivity index (χ4v) is 0.469. The number of nitrogens with zero attached hydrogens (tertiary/aromatic N) is 2. The zero-order valence-electron chi connectivity index (χ0n) is 3.46. The molecule has 1 rings (SSSR count). The van der Waals surface area contributed by atoms with Crippen molar-refractivity contribution in [2.45, 2.75) is 0 Å². The van der Waals surface area contributed by atoms with Gasteiger partial charge in [0.05, 0.1) is 11.6 Å². The molecule has 0 fully saturated rings. The molecule has 0 unspecified atom stereocenters. The molecule has 1 aliphatic heterocycles. The van der Waals surface area contributed by atoms with Crippen molar-refractivity contribution in [3.8, 4) is 0 Å². The topological polar surface area (TPSA) is 24.7 Å². The van der Waals surface area contributed by atoms with Gasteiger partial charge in [-0.25, -0.2) is 4.99 Å². The zero-order valence-corrected chi connectivity index (χ0v) is 4.27. The second-order valence-corrected chi connectivity index (χ2v) is 1.46. The van der Waals surface area contributed by atoms with E-state index >= 15 is 0 Å². The highest BCUT2D eigenvalue weighted by atomic mass is 32.2. The number of rotatable bonds is 0. The van der Waals surface area contributed by atoms with Crippen molar-refractivity contribution in [3.05, 3.63) is 11.6 Å². The van der Waals surface area contributed by atoms with Crippen molar-refractivity contribution in [1.29, 1.82) is 0 Å². The van der Waals surface area contributed by atoms with Crippen LogP contribution in [0.25, 0.3) is 0 Å². The van der Waals surface area contributed by atoms with E-state index < -0.39 is 0 Å². The van der Waals surface area contributed by atoms with E-state index in [4.69, 9.17) is 0 Å². The van der Waals surface area contributed by atoms with Gasteiger partial charge in [-0.15, -0.1) is 0 Å². The van der Waals surface area contributed by atoms with Gasteiger partial charge < -0.3 is 0 Å². The molecule has 0 aromatic rings. The molecule has 0 aromatic heterocycles. The van der Waals surface area contributed by atoms with Crippen molar-refractivity contribution in [2.24, 2.45) is 9.39 Å². The van der Waals surface area contributed by atoms with Gasteiger partial charge in [0.2, 0.25) is 0 Å². The van der Waals surface area contributed by atoms with Gasteiger partial charge in [0.25, 0.3) is 0 Å². The van der Waals surface area contributed by atoms with E-state index in [1.54, 1.807) is 5.41 Å². The summed E-state index contributed by atoms with van der Waals surface area (Å²) < 4.78 is 3.67. The summed E-state index contributed by atoms with van der Waals surface area (Å²) in [5.74, 6) is 5.15. The van der Waals surface area contributed by atoms with Gasteiger partial charge in [0.15, 0.2) is 0 Å². The Balaban J connectivity index is 2.86. The van der Waals surface area contributed by atoms with Gasteiger partial charge in [0.1, 0.15) is 0 Å². The molecule has 0 spiro atoms. The van der Waals surface area contributed by atoms with Crippen LogP contribution in [0.1, 0.15) is 0 Å². The standard InChI is InChI=1S/C4H2N2S/c1-2-6-7-4-3-5-1/h1,4H. The third-order valence-electron chi connectivity index (χ3n) is 0.408. The number of aliphatic imine (C=N–C) groups is 1. The Kier molecular flexibility index (Phi) is 1.53. The first kappa shape index (κ1) is 4.41. The predicted octanol–water partition coefficient (Wildman–Crippen LogP) is 1.02. The molecule has 0 N–H and O–H groups in total. The molecular weight excluding hydrogens is 108 g/mol. The SMILES string of the molecule is C1=CSN=C=CN=1. The molecule has 0 bridgehead atoms. The lowest BCUT2D eigenvalue weighted by Crippen LogP contribution is -1.43. The van der Waals surface area contributed by atoms with E-state index in [9.17, 15) is 0 Å². The second kappa shape index (κ2) is 2.43. The Morgan fingerprint density at radius 1 is 1.43 bits per heavy atom. The molecule has 0 amide bonds. The third-order valence-corrected chi connectivity index (χ3v) is 0.829. The Morgan fingerprint density at radius 3 is 3.43 bits per heavy atom. The predicted molar refractivity (Wildman–Crippen MR) is 31.6 cm³/mol. The quantitative estimate of drug-likeness (QED) is 0.427. The summed E-state index contributed by atoms with van der Waals surface area (Å²) in [6.07, 6.45) is 1.47. The third kappa shape index (κ3) is 1.42. The van der Waals surface area contributed by atoms with E-state index in [1.165, 1.54) is 18.1 Å². The number of hydrogen-bond donors (Lipinski definition) is 0. The maximum absolute atomic E-state index is 3.67. The first-order chi connectivity index (χ1) is 3.50. The van der Waals surface area contributed by atoms with Crippen LogP contribution in [0.4, 0.5) is 0 Å². The molecule has 2 nitrogen and oxygen atoms in total. The lowest BCUT2D eigenvalue weighted by Gasteiger charge is -1.62. The van der Waals surface area contributed by atoms with Gasteiger partial charge in [-0.05, 0) is 5.87 Å². The summed E-state index contributed by atoms with van der Waals surface area (Å²) in [7, 11) is 0. The molecule has 0 saturated carbocycles. The van der Waals surface area contributed by atoms with Crippen LogP contribution in [0, 0.1) is 0 Å². The van der Waals surface area contributed by atoms with Crippen LogP contribution in [0.5, 0.6) is 0 Å². The van der Waals surface area contributed by atoms with Crippen molar-refractivity contribution in [1.82, 2.24) is 0 Å². The smallest absolute Gasteiger partial charge is 0.0988 e. The monoisotopic (exact) mass is 110 g/mol. The summed E-state index contributed by atoms with van der Waals surface area (Å²) in [5, 5.41) is 1.66. The fourth-order valence-electron chi connectivity index (χ4n) is 0.200. The molecular formula is C4H2N2S. The molecule has 0 aromatic carbocycles. The average Bonchev–Trinajstić information content (AvgIpc) is 1.90. The molecule has 7 heavy (non-hydrogen) atoms. The second-order valence-electron chi connectivity index (χ2n) is 0.831. The Bertz CT molecular complexity index is 150. The summed E-state index contributed by atoms with van der Waals surface area (Å²) >= 11 is 1.27. The minimum Gasteiger partial charge on any atom is -0.204 e. The summed E-state index contributed by atoms with van der Waals surface area (Å²) in [4.78, 5) is 3.61. The van der Waals surface area contributed by atoms with Crippen LogP contribution in [0.3, 0.4) is 0 Å². The van der Waals surface area contributed by atoms with Crippen molar-refractivity contribution < 1.29 is 0 Å². The largest absolute Gasteiger partial charge is 0.204 e. The lowest BCUT2D eigenvalue weighted by atomic mass is 11.0. The van der Waals surface area contributed by atoms with Crippen molar-refractivity contribution >= 4 is 23.7 Å². The molecule has 0 atom stereocenters. The normalized spacial score (nSPS) is 14.9. The van der Waals surface area contributed by atoms with Gasteiger partial charge >= 0.3 is 0 Å². The Hall–Kier alpha value is -0.750. The molecule has 1 aliphatic rings. The van der Waals surface area contributed by atoms with Crippen LogP contribution < -0.4 is 0 Å². The fraction of sp³-hybridized carbons (Fsp3) is 0. The highest BCUT2D eigenvalue weighted by Crippen LogP contribution is 1.98. The molecule has 0 saturated heterocycles. The lowest BCUT2D eigenvalue weighted by molar-refractivity contribution is 1.66. The first-order valence-electron chi connectivity index (χ1n) is 1.70. The van der Waals surface area contributed by atoms with Gasteiger partial charge in [-0.1, -0.05) is 0 Å². The molecule has 0 aliphatic carbocycles. The van der Waals surface area contributed by atoms with Gasteiger partial charge in [-0.3, -0.25) is 0 Å². The highest BCUT2D eigenvalue weighted by Gasteiger charge is 1.68. The zero-order chi connectivity index (χ0) is 4.95. The van der Waals surface area contributed by atoms with E-state index in [0.29, 0.717) is 0 Å². The van der Waals surface area contributed by atoms with Gasteiger partial charge in [0, 0.05) is 17.8 Å². The molecule has 3 heteroatoms. The maximum atomic E-state index is 3.67. The van der Waals surface area contributed by atoms with Crippen LogP contribution in [-0.2, 0) is 0 Å². The van der Waals surface area contributed by atoms with Crippen LogP contribution in [-0.4, -0.2) is 11.7 Å². The molecule has 34 valence electrons. The molecule has 0 radical (unpaired) electrons. The van der Waals surface area contributed by atoms with E-state index in [-0.39, 0.29) is 0 Å². The first-order valence-corrected chi connectivity index (χ1v) is 2.54. The number of hydrogen-bond acceptors (Lipinski definition) is 3. The van der Waals surface area contributed by atoms with Gasteiger partial charge in [-0.2, -0.15) is 4.40 Å². The molecule has 1 heterocycles. The van der Waals surface area contributed by atoms with Crippen LogP contribution in [0.15, 0.2) is 21.0 Å². The van der Waals surface area contributed by atoms with E-state index in [0.717, 1.165) is 0 Å². The minimum atomic E-state index is 1.27. The van der Waals surface area contributed by atoms with E-state index in [1.807, 2.05) is 0 Å². The highest BCUT2D eigenvalue weighted by molar-refractivity contribution is 8.01. The average molecular weight is 110 g/mol. The Morgan fingerprint density at radius 2 is 2.43 bits per heavy atom. The summed E-state index contributed by atoms with van der Waals surface area (Å²) in [5.41, 5.74) is 0. The maximum Gasteiger partial charge on any atom is 0.0988 e.